The average Bonchev–Trinajstić information content (AvgIpc) is 3.56. The Morgan fingerprint density at radius 3 is 2.42 bits per heavy atom. The van der Waals surface area contributed by atoms with Gasteiger partial charge in [-0.25, -0.2) is 14.8 Å². The van der Waals surface area contributed by atoms with Crippen LogP contribution in [-0.4, -0.2) is 35.8 Å². The van der Waals surface area contributed by atoms with E-state index in [9.17, 15) is 4.79 Å². The number of carbonyl (C=O) groups is 1. The normalized spacial score (nSPS) is 12.5. The molecule has 3 aromatic heterocycles. The minimum atomic E-state index is -0.559. The molecule has 0 unspecified atom stereocenters. The van der Waals surface area contributed by atoms with E-state index in [1.807, 2.05) is 67.8 Å². The number of aromatic nitrogens is 5. The van der Waals surface area contributed by atoms with Crippen LogP contribution in [0.3, 0.4) is 0 Å². The fraction of sp³-hybridized carbons (Fsp3) is 0.188. The highest BCUT2D eigenvalue weighted by Gasteiger charge is 2.19. The lowest BCUT2D eigenvalue weighted by Gasteiger charge is -2.19. The van der Waals surface area contributed by atoms with Crippen LogP contribution in [-0.2, 0) is 4.74 Å². The lowest BCUT2D eigenvalue weighted by molar-refractivity contribution is 0.0544. The van der Waals surface area contributed by atoms with Gasteiger partial charge in [0.25, 0.3) is 0 Å². The number of hydrogen-bond acceptors (Lipinski definition) is 6. The van der Waals surface area contributed by atoms with E-state index in [4.69, 9.17) is 9.72 Å². The molecule has 1 atom stereocenters. The number of imidazole rings is 1. The van der Waals surface area contributed by atoms with Crippen molar-refractivity contribution in [2.24, 2.45) is 0 Å². The second-order valence-electron chi connectivity index (χ2n) is 10.8. The Morgan fingerprint density at radius 1 is 0.900 bits per heavy atom. The first-order valence-electron chi connectivity index (χ1n) is 13.2. The smallest absolute Gasteiger partial charge is 0.418 e. The van der Waals surface area contributed by atoms with Crippen molar-refractivity contribution in [1.29, 1.82) is 0 Å². The topological polar surface area (TPSA) is 86.9 Å². The third kappa shape index (κ3) is 5.03. The summed E-state index contributed by atoms with van der Waals surface area (Å²) in [7, 11) is 0. The molecule has 0 bridgehead atoms. The maximum absolute atomic E-state index is 12.6. The maximum Gasteiger partial charge on any atom is 0.418 e. The second kappa shape index (κ2) is 9.96. The Morgan fingerprint density at radius 2 is 1.65 bits per heavy atom. The predicted octanol–water partition coefficient (Wildman–Crippen LogP) is 7.39. The number of rotatable bonds is 5. The van der Waals surface area contributed by atoms with Crippen LogP contribution in [0.1, 0.15) is 39.3 Å². The first-order valence-corrected chi connectivity index (χ1v) is 13.2. The van der Waals surface area contributed by atoms with E-state index >= 15 is 0 Å². The number of nitrogens with zero attached hydrogens (tertiary/aromatic N) is 5. The molecule has 1 N–H and O–H groups in total. The van der Waals surface area contributed by atoms with Crippen molar-refractivity contribution in [3.63, 3.8) is 0 Å². The van der Waals surface area contributed by atoms with Crippen molar-refractivity contribution >= 4 is 34.0 Å². The average molecular weight is 531 g/mol. The van der Waals surface area contributed by atoms with Crippen LogP contribution in [0.4, 0.5) is 10.7 Å². The van der Waals surface area contributed by atoms with Gasteiger partial charge in [0.1, 0.15) is 17.7 Å². The number of carbonyl (C=O) groups excluding carboxylic acids is 1. The summed E-state index contributed by atoms with van der Waals surface area (Å²) in [5.41, 5.74) is 5.28. The predicted molar refractivity (Wildman–Crippen MR) is 158 cm³/mol. The molecule has 3 heterocycles. The van der Waals surface area contributed by atoms with E-state index in [0.717, 1.165) is 44.4 Å². The molecule has 0 radical (unpaired) electrons. The third-order valence-electron chi connectivity index (χ3n) is 6.69. The first-order chi connectivity index (χ1) is 19.2. The van der Waals surface area contributed by atoms with E-state index in [-0.39, 0.29) is 12.1 Å². The zero-order valence-electron chi connectivity index (χ0n) is 22.9. The highest BCUT2D eigenvalue weighted by molar-refractivity contribution is 5.93. The van der Waals surface area contributed by atoms with Crippen molar-refractivity contribution < 1.29 is 9.53 Å². The molecule has 0 aliphatic rings. The molecule has 0 spiro atoms. The lowest BCUT2D eigenvalue weighted by Crippen LogP contribution is -2.26. The Bertz CT molecular complexity index is 1830. The van der Waals surface area contributed by atoms with Gasteiger partial charge in [-0.15, -0.1) is 0 Å². The van der Waals surface area contributed by atoms with E-state index in [1.165, 1.54) is 0 Å². The number of anilines is 1. The van der Waals surface area contributed by atoms with Gasteiger partial charge in [0.05, 0.1) is 22.6 Å². The van der Waals surface area contributed by atoms with Crippen molar-refractivity contribution in [1.82, 2.24) is 24.1 Å². The lowest BCUT2D eigenvalue weighted by atomic mass is 10.0. The molecule has 0 saturated carbocycles. The second-order valence-corrected chi connectivity index (χ2v) is 10.8. The van der Waals surface area contributed by atoms with Gasteiger partial charge < -0.3 is 10.1 Å². The summed E-state index contributed by atoms with van der Waals surface area (Å²) < 4.78 is 9.04. The summed E-state index contributed by atoms with van der Waals surface area (Å²) >= 11 is 0. The van der Waals surface area contributed by atoms with E-state index in [0.29, 0.717) is 5.95 Å². The Labute approximate surface area is 232 Å². The molecule has 0 amide bonds. The van der Waals surface area contributed by atoms with Gasteiger partial charge in [-0.05, 0) is 80.8 Å². The summed E-state index contributed by atoms with van der Waals surface area (Å²) in [6.45, 7) is 7.67. The molecule has 200 valence electrons. The number of ether oxygens (including phenoxy) is 1. The van der Waals surface area contributed by atoms with Gasteiger partial charge in [0.15, 0.2) is 0 Å². The van der Waals surface area contributed by atoms with Crippen LogP contribution < -0.4 is 5.32 Å². The Kier molecular flexibility index (Phi) is 6.30. The molecule has 3 aromatic carbocycles. The number of benzene rings is 3. The molecular formula is C32H30N6O2. The minimum absolute atomic E-state index is 0.0666. The standard InChI is InChI=1S/C32H30N6O2/c1-21(22-8-6-5-7-9-22)35-30-33-16-14-29(36-30)38-20-34-26-19-24(11-13-28(26)38)23-10-12-27-25(18-23)15-17-37(27)31(39)40-32(2,3)4/h5-21H,1-4H3,(H,33,35,36)/t21-/m0/s1. The zero-order valence-corrected chi connectivity index (χ0v) is 22.9. The molecule has 0 saturated heterocycles. The van der Waals surface area contributed by atoms with E-state index < -0.39 is 5.60 Å². The van der Waals surface area contributed by atoms with Gasteiger partial charge in [-0.3, -0.25) is 9.13 Å². The molecule has 8 heteroatoms. The highest BCUT2D eigenvalue weighted by atomic mass is 16.6. The van der Waals surface area contributed by atoms with E-state index in [1.54, 1.807) is 23.3 Å². The number of nitrogens with one attached hydrogen (secondary N) is 1. The van der Waals surface area contributed by atoms with Crippen molar-refractivity contribution in [3.8, 4) is 16.9 Å². The zero-order chi connectivity index (χ0) is 27.9. The Balaban J connectivity index is 1.26. The summed E-state index contributed by atoms with van der Waals surface area (Å²) in [6.07, 6.45) is 4.89. The summed E-state index contributed by atoms with van der Waals surface area (Å²) in [6, 6.07) is 26.3. The quantitative estimate of drug-likeness (QED) is 0.250. The van der Waals surface area contributed by atoms with Crippen molar-refractivity contribution in [3.05, 3.63) is 103 Å². The van der Waals surface area contributed by atoms with Crippen LogP contribution in [0, 0.1) is 0 Å². The largest absolute Gasteiger partial charge is 0.443 e. The molecule has 0 aliphatic carbocycles. The Hall–Kier alpha value is -4.98. The monoisotopic (exact) mass is 530 g/mol. The highest BCUT2D eigenvalue weighted by Crippen LogP contribution is 2.29. The van der Waals surface area contributed by atoms with E-state index in [2.05, 4.69) is 58.6 Å². The first kappa shape index (κ1) is 25.3. The van der Waals surface area contributed by atoms with Gasteiger partial charge in [-0.2, -0.15) is 4.98 Å². The van der Waals surface area contributed by atoms with Crippen molar-refractivity contribution in [2.75, 3.05) is 5.32 Å². The van der Waals surface area contributed by atoms with Crippen LogP contribution in [0.25, 0.3) is 38.9 Å². The van der Waals surface area contributed by atoms with Gasteiger partial charge in [0, 0.05) is 17.8 Å². The summed E-state index contributed by atoms with van der Waals surface area (Å²) in [5.74, 6) is 1.29. The number of hydrogen-bond donors (Lipinski definition) is 1. The van der Waals surface area contributed by atoms with Gasteiger partial charge >= 0.3 is 6.09 Å². The molecule has 0 fully saturated rings. The van der Waals surface area contributed by atoms with Crippen LogP contribution in [0.2, 0.25) is 0 Å². The summed E-state index contributed by atoms with van der Waals surface area (Å²) in [5, 5.41) is 4.34. The molecule has 40 heavy (non-hydrogen) atoms. The SMILES string of the molecule is C[C@H](Nc1nccc(-n2cnc3cc(-c4ccc5c(ccn5C(=O)OC(C)(C)C)c4)ccc32)n1)c1ccccc1. The molecule has 8 nitrogen and oxygen atoms in total. The molecule has 6 rings (SSSR count). The van der Waals surface area contributed by atoms with Crippen LogP contribution in [0.5, 0.6) is 0 Å². The minimum Gasteiger partial charge on any atom is -0.443 e. The maximum atomic E-state index is 12.6. The summed E-state index contributed by atoms with van der Waals surface area (Å²) in [4.78, 5) is 26.4. The van der Waals surface area contributed by atoms with Crippen LogP contribution in [0.15, 0.2) is 97.6 Å². The van der Waals surface area contributed by atoms with Gasteiger partial charge in [-0.1, -0.05) is 42.5 Å². The van der Waals surface area contributed by atoms with Crippen LogP contribution >= 0.6 is 0 Å². The third-order valence-corrected chi connectivity index (χ3v) is 6.69. The molecule has 6 aromatic rings. The number of fused-ring (bicyclic) bond motifs is 2. The fourth-order valence-electron chi connectivity index (χ4n) is 4.74. The van der Waals surface area contributed by atoms with Gasteiger partial charge in [0.2, 0.25) is 5.95 Å². The van der Waals surface area contributed by atoms with Crippen molar-refractivity contribution in [2.45, 2.75) is 39.3 Å². The molecule has 0 aliphatic heterocycles. The molecular weight excluding hydrogens is 500 g/mol. The fourth-order valence-corrected chi connectivity index (χ4v) is 4.74.